The number of rotatable bonds is 7. The number of nitrogens with zero attached hydrogens (tertiary/aromatic N) is 2. The minimum atomic E-state index is 0.645. The van der Waals surface area contributed by atoms with Crippen LogP contribution in [0.1, 0.15) is 23.7 Å². The first-order valence-electron chi connectivity index (χ1n) is 6.23. The standard InChI is InChI=1S/C14H21ClN2O/c1-4-8-17(10-9-16(2)3)14-12(11-18)6-5-7-13(14)15/h5-7,11H,4,8-10H2,1-3H3. The zero-order chi connectivity index (χ0) is 13.5. The molecule has 1 aromatic carbocycles. The molecule has 0 aliphatic carbocycles. The van der Waals surface area contributed by atoms with Gasteiger partial charge in [-0.15, -0.1) is 0 Å². The zero-order valence-electron chi connectivity index (χ0n) is 11.3. The van der Waals surface area contributed by atoms with Gasteiger partial charge in [0.15, 0.2) is 6.29 Å². The van der Waals surface area contributed by atoms with Gasteiger partial charge in [-0.25, -0.2) is 0 Å². The first-order chi connectivity index (χ1) is 8.60. The zero-order valence-corrected chi connectivity index (χ0v) is 12.1. The van der Waals surface area contributed by atoms with Crippen LogP contribution < -0.4 is 4.90 Å². The van der Waals surface area contributed by atoms with Gasteiger partial charge in [-0.1, -0.05) is 24.6 Å². The van der Waals surface area contributed by atoms with Crippen molar-refractivity contribution in [3.63, 3.8) is 0 Å². The number of aldehydes is 1. The Morgan fingerprint density at radius 3 is 2.50 bits per heavy atom. The number of para-hydroxylation sites is 1. The van der Waals surface area contributed by atoms with Gasteiger partial charge in [-0.3, -0.25) is 4.79 Å². The topological polar surface area (TPSA) is 23.6 Å². The Morgan fingerprint density at radius 2 is 1.94 bits per heavy atom. The highest BCUT2D eigenvalue weighted by Crippen LogP contribution is 2.29. The third-order valence-corrected chi connectivity index (χ3v) is 3.08. The van der Waals surface area contributed by atoms with Gasteiger partial charge in [0.25, 0.3) is 0 Å². The summed E-state index contributed by atoms with van der Waals surface area (Å²) in [6.07, 6.45) is 1.90. The number of benzene rings is 1. The monoisotopic (exact) mass is 268 g/mol. The number of carbonyl (C=O) groups excluding carboxylic acids is 1. The smallest absolute Gasteiger partial charge is 0.152 e. The summed E-state index contributed by atoms with van der Waals surface area (Å²) in [6, 6.07) is 5.46. The summed E-state index contributed by atoms with van der Waals surface area (Å²) in [7, 11) is 4.08. The quantitative estimate of drug-likeness (QED) is 0.711. The van der Waals surface area contributed by atoms with Gasteiger partial charge in [0.2, 0.25) is 0 Å². The highest BCUT2D eigenvalue weighted by atomic mass is 35.5. The van der Waals surface area contributed by atoms with Crippen molar-refractivity contribution in [2.24, 2.45) is 0 Å². The molecule has 3 nitrogen and oxygen atoms in total. The predicted octanol–water partition coefficient (Wildman–Crippen LogP) is 2.93. The minimum absolute atomic E-state index is 0.645. The molecule has 0 fully saturated rings. The molecule has 0 unspecified atom stereocenters. The third kappa shape index (κ3) is 4.00. The number of hydrogen-bond acceptors (Lipinski definition) is 3. The molecule has 4 heteroatoms. The van der Waals surface area contributed by atoms with Crippen LogP contribution in [-0.2, 0) is 0 Å². The van der Waals surface area contributed by atoms with Gasteiger partial charge in [-0.2, -0.15) is 0 Å². The van der Waals surface area contributed by atoms with Crippen LogP contribution in [0.25, 0.3) is 0 Å². The normalized spacial score (nSPS) is 10.7. The highest BCUT2D eigenvalue weighted by molar-refractivity contribution is 6.33. The van der Waals surface area contributed by atoms with E-state index in [0.29, 0.717) is 10.6 Å². The lowest BCUT2D eigenvalue weighted by Gasteiger charge is -2.28. The fraction of sp³-hybridized carbons (Fsp3) is 0.500. The van der Waals surface area contributed by atoms with Crippen molar-refractivity contribution in [3.8, 4) is 0 Å². The largest absolute Gasteiger partial charge is 0.368 e. The Bertz CT molecular complexity index is 393. The van der Waals surface area contributed by atoms with E-state index < -0.39 is 0 Å². The molecule has 100 valence electrons. The van der Waals surface area contributed by atoms with Crippen LogP contribution in [0.5, 0.6) is 0 Å². The molecule has 0 spiro atoms. The van der Waals surface area contributed by atoms with E-state index in [9.17, 15) is 4.79 Å². The van der Waals surface area contributed by atoms with Crippen molar-refractivity contribution < 1.29 is 4.79 Å². The predicted molar refractivity (Wildman–Crippen MR) is 77.9 cm³/mol. The molecule has 0 radical (unpaired) electrons. The van der Waals surface area contributed by atoms with Crippen LogP contribution in [0.15, 0.2) is 18.2 Å². The van der Waals surface area contributed by atoms with Gasteiger partial charge >= 0.3 is 0 Å². The molecule has 1 aromatic rings. The van der Waals surface area contributed by atoms with Crippen molar-refractivity contribution in [2.75, 3.05) is 38.6 Å². The van der Waals surface area contributed by atoms with Crippen LogP contribution in [0.3, 0.4) is 0 Å². The summed E-state index contributed by atoms with van der Waals surface area (Å²) in [6.45, 7) is 4.83. The maximum Gasteiger partial charge on any atom is 0.152 e. The van der Waals surface area contributed by atoms with Crippen LogP contribution in [0, 0.1) is 0 Å². The van der Waals surface area contributed by atoms with E-state index in [4.69, 9.17) is 11.6 Å². The maximum absolute atomic E-state index is 11.1. The fourth-order valence-corrected chi connectivity index (χ4v) is 2.19. The maximum atomic E-state index is 11.1. The SMILES string of the molecule is CCCN(CCN(C)C)c1c(Cl)cccc1C=O. The van der Waals surface area contributed by atoms with E-state index in [0.717, 1.165) is 38.0 Å². The number of likely N-dealkylation sites (N-methyl/N-ethyl adjacent to an activating group) is 1. The Morgan fingerprint density at radius 1 is 1.22 bits per heavy atom. The molecule has 0 heterocycles. The molecule has 0 aliphatic heterocycles. The molecule has 0 saturated carbocycles. The summed E-state index contributed by atoms with van der Waals surface area (Å²) in [5, 5.41) is 0.645. The summed E-state index contributed by atoms with van der Waals surface area (Å²) in [4.78, 5) is 15.4. The van der Waals surface area contributed by atoms with E-state index in [1.807, 2.05) is 32.3 Å². The first kappa shape index (κ1) is 15.0. The second-order valence-corrected chi connectivity index (χ2v) is 4.99. The average Bonchev–Trinajstić information content (AvgIpc) is 2.34. The lowest BCUT2D eigenvalue weighted by atomic mass is 10.1. The molecule has 0 N–H and O–H groups in total. The van der Waals surface area contributed by atoms with E-state index in [1.165, 1.54) is 0 Å². The molecule has 18 heavy (non-hydrogen) atoms. The van der Waals surface area contributed by atoms with E-state index in [2.05, 4.69) is 16.7 Å². The summed E-state index contributed by atoms with van der Waals surface area (Å²) in [5.41, 5.74) is 1.52. The van der Waals surface area contributed by atoms with Crippen LogP contribution in [0.4, 0.5) is 5.69 Å². The van der Waals surface area contributed by atoms with Crippen molar-refractivity contribution in [2.45, 2.75) is 13.3 Å². The molecular formula is C14H21ClN2O. The molecule has 0 saturated heterocycles. The van der Waals surface area contributed by atoms with Gasteiger partial charge in [0.05, 0.1) is 10.7 Å². The molecule has 1 rings (SSSR count). The number of carbonyl (C=O) groups is 1. The van der Waals surface area contributed by atoms with Gasteiger partial charge in [0, 0.05) is 25.2 Å². The molecule has 0 atom stereocenters. The van der Waals surface area contributed by atoms with Gasteiger partial charge < -0.3 is 9.80 Å². The van der Waals surface area contributed by atoms with Crippen LogP contribution >= 0.6 is 11.6 Å². The van der Waals surface area contributed by atoms with E-state index in [-0.39, 0.29) is 0 Å². The van der Waals surface area contributed by atoms with Gasteiger partial charge in [0.1, 0.15) is 0 Å². The van der Waals surface area contributed by atoms with Crippen molar-refractivity contribution in [1.82, 2.24) is 4.90 Å². The summed E-state index contributed by atoms with van der Waals surface area (Å²) < 4.78 is 0. The molecule has 0 aliphatic rings. The Kier molecular flexibility index (Phi) is 6.16. The number of hydrogen-bond donors (Lipinski definition) is 0. The third-order valence-electron chi connectivity index (χ3n) is 2.77. The van der Waals surface area contributed by atoms with E-state index in [1.54, 1.807) is 0 Å². The summed E-state index contributed by atoms with van der Waals surface area (Å²) in [5.74, 6) is 0. The van der Waals surface area contributed by atoms with Crippen LogP contribution in [0.2, 0.25) is 5.02 Å². The minimum Gasteiger partial charge on any atom is -0.368 e. The van der Waals surface area contributed by atoms with Crippen molar-refractivity contribution >= 4 is 23.6 Å². The second-order valence-electron chi connectivity index (χ2n) is 4.59. The highest BCUT2D eigenvalue weighted by Gasteiger charge is 2.14. The van der Waals surface area contributed by atoms with Crippen molar-refractivity contribution in [1.29, 1.82) is 0 Å². The lowest BCUT2D eigenvalue weighted by molar-refractivity contribution is 0.112. The molecule has 0 aromatic heterocycles. The Labute approximate surface area is 114 Å². The molecular weight excluding hydrogens is 248 g/mol. The second kappa shape index (κ2) is 7.39. The molecule has 0 amide bonds. The number of halogens is 1. The lowest BCUT2D eigenvalue weighted by Crippen LogP contribution is -2.33. The summed E-state index contributed by atoms with van der Waals surface area (Å²) >= 11 is 6.24. The van der Waals surface area contributed by atoms with Crippen molar-refractivity contribution in [3.05, 3.63) is 28.8 Å². The Hall–Kier alpha value is -1.06. The van der Waals surface area contributed by atoms with E-state index >= 15 is 0 Å². The first-order valence-corrected chi connectivity index (χ1v) is 6.61. The Balaban J connectivity index is 3.00. The molecule has 0 bridgehead atoms. The fourth-order valence-electron chi connectivity index (χ4n) is 1.89. The van der Waals surface area contributed by atoms with Gasteiger partial charge in [-0.05, 0) is 32.6 Å². The number of anilines is 1. The van der Waals surface area contributed by atoms with Crippen LogP contribution in [-0.4, -0.2) is 44.9 Å². The average molecular weight is 269 g/mol.